The molecule has 0 atom stereocenters. The lowest BCUT2D eigenvalue weighted by Gasteiger charge is -2.19. The fourth-order valence-corrected chi connectivity index (χ4v) is 3.62. The number of furan rings is 1. The summed E-state index contributed by atoms with van der Waals surface area (Å²) in [6, 6.07) is 11.7. The van der Waals surface area contributed by atoms with Gasteiger partial charge in [-0.25, -0.2) is 0 Å². The first-order chi connectivity index (χ1) is 14.9. The Morgan fingerprint density at radius 2 is 2.03 bits per heavy atom. The monoisotopic (exact) mass is 440 g/mol. The molecule has 2 heterocycles. The third-order valence-electron chi connectivity index (χ3n) is 4.57. The summed E-state index contributed by atoms with van der Waals surface area (Å²) in [5, 5.41) is 11.9. The highest BCUT2D eigenvalue weighted by Gasteiger charge is 2.15. The van der Waals surface area contributed by atoms with E-state index >= 15 is 0 Å². The Hall–Kier alpha value is -3.00. The Balaban J connectivity index is 1.56. The van der Waals surface area contributed by atoms with E-state index in [1.54, 1.807) is 18.4 Å². The highest BCUT2D eigenvalue weighted by molar-refractivity contribution is 7.99. The molecule has 3 aromatic rings. The minimum Gasteiger partial charge on any atom is -0.486 e. The summed E-state index contributed by atoms with van der Waals surface area (Å²) < 4.78 is 13.0. The Morgan fingerprint density at radius 3 is 2.68 bits per heavy atom. The molecule has 164 valence electrons. The second-order valence-corrected chi connectivity index (χ2v) is 8.95. The first-order valence-corrected chi connectivity index (χ1v) is 11.0. The van der Waals surface area contributed by atoms with Crippen molar-refractivity contribution in [2.24, 2.45) is 0 Å². The van der Waals surface area contributed by atoms with Crippen molar-refractivity contribution in [1.82, 2.24) is 20.1 Å². The van der Waals surface area contributed by atoms with Crippen LogP contribution in [0.15, 0.2) is 64.9 Å². The van der Waals surface area contributed by atoms with Gasteiger partial charge in [0.15, 0.2) is 11.0 Å². The fourth-order valence-electron chi connectivity index (χ4n) is 2.82. The van der Waals surface area contributed by atoms with Gasteiger partial charge >= 0.3 is 0 Å². The summed E-state index contributed by atoms with van der Waals surface area (Å²) in [6.45, 7) is 11.5. The summed E-state index contributed by atoms with van der Waals surface area (Å²) in [5.41, 5.74) is 1.35. The predicted octanol–water partition coefficient (Wildman–Crippen LogP) is 4.34. The first-order valence-electron chi connectivity index (χ1n) is 10.0. The number of amides is 1. The van der Waals surface area contributed by atoms with Crippen molar-refractivity contribution >= 4 is 17.7 Å². The zero-order chi connectivity index (χ0) is 22.3. The minimum atomic E-state index is -0.105. The number of aromatic nitrogens is 3. The summed E-state index contributed by atoms with van der Waals surface area (Å²) in [4.78, 5) is 12.1. The number of carbonyl (C=O) groups is 1. The van der Waals surface area contributed by atoms with Crippen molar-refractivity contribution < 1.29 is 13.9 Å². The largest absolute Gasteiger partial charge is 0.486 e. The summed E-state index contributed by atoms with van der Waals surface area (Å²) >= 11 is 1.32. The number of rotatable bonds is 10. The van der Waals surface area contributed by atoms with Crippen LogP contribution in [0.3, 0.4) is 0 Å². The third kappa shape index (κ3) is 6.49. The topological polar surface area (TPSA) is 82.2 Å². The number of hydrogen-bond donors (Lipinski definition) is 1. The average Bonchev–Trinajstić information content (AvgIpc) is 3.39. The Kier molecular flexibility index (Phi) is 7.57. The quantitative estimate of drug-likeness (QED) is 0.373. The molecule has 3 rings (SSSR count). The van der Waals surface area contributed by atoms with Crippen molar-refractivity contribution in [3.8, 4) is 5.75 Å². The molecule has 1 aromatic carbocycles. The molecule has 7 nitrogen and oxygen atoms in total. The lowest BCUT2D eigenvalue weighted by atomic mass is 9.87. The Bertz CT molecular complexity index is 989. The van der Waals surface area contributed by atoms with Gasteiger partial charge in [0, 0.05) is 6.54 Å². The van der Waals surface area contributed by atoms with Crippen LogP contribution in [0.2, 0.25) is 0 Å². The molecule has 0 radical (unpaired) electrons. The molecule has 0 saturated carbocycles. The van der Waals surface area contributed by atoms with E-state index in [4.69, 9.17) is 9.15 Å². The molecule has 0 saturated heterocycles. The molecule has 0 fully saturated rings. The lowest BCUT2D eigenvalue weighted by molar-refractivity contribution is -0.118. The first kappa shape index (κ1) is 22.7. The van der Waals surface area contributed by atoms with Crippen LogP contribution in [0.4, 0.5) is 0 Å². The molecule has 0 aliphatic carbocycles. The van der Waals surface area contributed by atoms with Gasteiger partial charge < -0.3 is 14.5 Å². The highest BCUT2D eigenvalue weighted by Crippen LogP contribution is 2.25. The van der Waals surface area contributed by atoms with Crippen molar-refractivity contribution in [2.75, 3.05) is 5.75 Å². The van der Waals surface area contributed by atoms with Gasteiger partial charge in [0.05, 0.1) is 18.6 Å². The van der Waals surface area contributed by atoms with E-state index in [-0.39, 0.29) is 23.7 Å². The number of nitrogens with zero attached hydrogens (tertiary/aromatic N) is 3. The zero-order valence-electron chi connectivity index (χ0n) is 18.1. The molecule has 0 spiro atoms. The van der Waals surface area contributed by atoms with E-state index in [1.807, 2.05) is 22.8 Å². The van der Waals surface area contributed by atoms with Crippen LogP contribution in [0.5, 0.6) is 5.75 Å². The van der Waals surface area contributed by atoms with Gasteiger partial charge in [-0.2, -0.15) is 0 Å². The maximum Gasteiger partial charge on any atom is 0.230 e. The van der Waals surface area contributed by atoms with Crippen LogP contribution in [-0.2, 0) is 29.9 Å². The molecule has 0 aliphatic rings. The normalized spacial score (nSPS) is 11.3. The van der Waals surface area contributed by atoms with E-state index < -0.39 is 0 Å². The average molecular weight is 441 g/mol. The standard InChI is InChI=1S/C23H28N4O3S/c1-5-12-27-20(15-30-18-10-8-17(9-11-18)23(2,3)4)25-26-22(27)31-16-21(28)24-14-19-7-6-13-29-19/h5-11,13H,1,12,14-16H2,2-4H3,(H,24,28). The van der Waals surface area contributed by atoms with E-state index in [0.717, 1.165) is 5.75 Å². The second kappa shape index (κ2) is 10.3. The van der Waals surface area contributed by atoms with E-state index in [9.17, 15) is 4.79 Å². The van der Waals surface area contributed by atoms with Crippen molar-refractivity contribution in [3.05, 3.63) is 72.5 Å². The number of benzene rings is 1. The van der Waals surface area contributed by atoms with Gasteiger partial charge in [0.2, 0.25) is 5.91 Å². The van der Waals surface area contributed by atoms with E-state index in [0.29, 0.717) is 29.8 Å². The molecular formula is C23H28N4O3S. The fraction of sp³-hybridized carbons (Fsp3) is 0.348. The van der Waals surface area contributed by atoms with E-state index in [1.165, 1.54) is 17.3 Å². The van der Waals surface area contributed by atoms with Gasteiger partial charge in [-0.05, 0) is 35.2 Å². The molecule has 0 aliphatic heterocycles. The van der Waals surface area contributed by atoms with Crippen LogP contribution in [0, 0.1) is 0 Å². The van der Waals surface area contributed by atoms with Gasteiger partial charge in [-0.15, -0.1) is 16.8 Å². The van der Waals surface area contributed by atoms with Crippen LogP contribution >= 0.6 is 11.8 Å². The molecule has 0 bridgehead atoms. The number of carbonyl (C=O) groups excluding carboxylic acids is 1. The van der Waals surface area contributed by atoms with Crippen LogP contribution < -0.4 is 10.1 Å². The molecule has 1 amide bonds. The molecule has 1 N–H and O–H groups in total. The van der Waals surface area contributed by atoms with Crippen molar-refractivity contribution in [1.29, 1.82) is 0 Å². The predicted molar refractivity (Wildman–Crippen MR) is 121 cm³/mol. The SMILES string of the molecule is C=CCn1c(COc2ccc(C(C)(C)C)cc2)nnc1SCC(=O)NCc1ccco1. The Labute approximate surface area is 186 Å². The van der Waals surface area contributed by atoms with Gasteiger partial charge in [0.1, 0.15) is 18.1 Å². The van der Waals surface area contributed by atoms with Gasteiger partial charge in [-0.1, -0.05) is 50.7 Å². The number of ether oxygens (including phenoxy) is 1. The van der Waals surface area contributed by atoms with Crippen molar-refractivity contribution in [2.45, 2.75) is 51.0 Å². The Morgan fingerprint density at radius 1 is 1.26 bits per heavy atom. The maximum atomic E-state index is 12.1. The molecular weight excluding hydrogens is 412 g/mol. The summed E-state index contributed by atoms with van der Waals surface area (Å²) in [6.07, 6.45) is 3.35. The highest BCUT2D eigenvalue weighted by atomic mass is 32.2. The number of hydrogen-bond acceptors (Lipinski definition) is 6. The van der Waals surface area contributed by atoms with Crippen molar-refractivity contribution in [3.63, 3.8) is 0 Å². The number of allylic oxidation sites excluding steroid dienone is 1. The minimum absolute atomic E-state index is 0.0963. The molecule has 31 heavy (non-hydrogen) atoms. The van der Waals surface area contributed by atoms with Gasteiger partial charge in [-0.3, -0.25) is 9.36 Å². The number of nitrogens with one attached hydrogen (secondary N) is 1. The van der Waals surface area contributed by atoms with Gasteiger partial charge in [0.25, 0.3) is 0 Å². The molecule has 0 unspecified atom stereocenters. The maximum absolute atomic E-state index is 12.1. The zero-order valence-corrected chi connectivity index (χ0v) is 18.9. The molecule has 2 aromatic heterocycles. The van der Waals surface area contributed by atoms with Crippen LogP contribution in [0.25, 0.3) is 0 Å². The lowest BCUT2D eigenvalue weighted by Crippen LogP contribution is -2.24. The number of thioether (sulfide) groups is 1. The van der Waals surface area contributed by atoms with Crippen LogP contribution in [-0.4, -0.2) is 26.4 Å². The van der Waals surface area contributed by atoms with Crippen LogP contribution in [0.1, 0.15) is 37.9 Å². The van der Waals surface area contributed by atoms with E-state index in [2.05, 4.69) is 55.0 Å². The second-order valence-electron chi connectivity index (χ2n) is 8.01. The third-order valence-corrected chi connectivity index (χ3v) is 5.53. The summed E-state index contributed by atoms with van der Waals surface area (Å²) in [5.74, 6) is 2.28. The summed E-state index contributed by atoms with van der Waals surface area (Å²) in [7, 11) is 0. The molecule has 8 heteroatoms. The smallest absolute Gasteiger partial charge is 0.230 e.